The molecule has 4 N–H and O–H groups in total. The van der Waals surface area contributed by atoms with Gasteiger partial charge in [0.05, 0.1) is 26.9 Å². The first-order valence-electron chi connectivity index (χ1n) is 7.92. The van der Waals surface area contributed by atoms with Crippen molar-refractivity contribution in [3.63, 3.8) is 0 Å². The highest BCUT2D eigenvalue weighted by Gasteiger charge is 2.30. The van der Waals surface area contributed by atoms with E-state index < -0.39 is 21.8 Å². The summed E-state index contributed by atoms with van der Waals surface area (Å²) in [6.45, 7) is 0. The molecule has 4 rings (SSSR count). The topological polar surface area (TPSA) is 118 Å². The molecule has 7 nitrogen and oxygen atoms in total. The number of anilines is 1. The van der Waals surface area contributed by atoms with Crippen molar-refractivity contribution in [2.45, 2.75) is 17.4 Å². The first-order chi connectivity index (χ1) is 12.4. The minimum absolute atomic E-state index is 0. The maximum Gasteiger partial charge on any atom is 0.257 e. The Labute approximate surface area is 187 Å². The van der Waals surface area contributed by atoms with E-state index in [4.69, 9.17) is 17.3 Å². The lowest BCUT2D eigenvalue weighted by Gasteiger charge is -2.23. The number of carbonyl (C=O) groups excluding carboxylic acids is 1. The number of aromatic amines is 1. The highest BCUT2D eigenvalue weighted by Crippen LogP contribution is 2.35. The Balaban J connectivity index is 0.00000140. The van der Waals surface area contributed by atoms with Gasteiger partial charge in [-0.15, -0.1) is 34.0 Å². The molecule has 0 aliphatic carbocycles. The summed E-state index contributed by atoms with van der Waals surface area (Å²) in [5, 5.41) is 3.66. The molecule has 0 saturated carbocycles. The van der Waals surface area contributed by atoms with Crippen LogP contribution in [0.1, 0.15) is 28.4 Å². The van der Waals surface area contributed by atoms with Gasteiger partial charge in [-0.1, -0.05) is 11.6 Å². The molecule has 11 heteroatoms. The van der Waals surface area contributed by atoms with Crippen LogP contribution in [-0.4, -0.2) is 30.0 Å². The van der Waals surface area contributed by atoms with Crippen LogP contribution in [0.25, 0.3) is 11.0 Å². The average molecular weight is 553 g/mol. The van der Waals surface area contributed by atoms with E-state index in [9.17, 15) is 13.2 Å². The van der Waals surface area contributed by atoms with E-state index in [1.165, 1.54) is 12.1 Å². The molecule has 28 heavy (non-hydrogen) atoms. The standard InChI is InChI=1S/C17H15ClN4O3S.2BrH/c18-12-7-11-13(19)3-6-26(24,25)15(11)8-10(12)17(23)22-14-2-5-21-16-9(14)1-4-20-16;;/h1-2,4-5,7-8,13H,3,6,19H2,(H2,20,21,22,23);2*1H/t13-;;/m0../s1. The molecule has 3 heterocycles. The van der Waals surface area contributed by atoms with Crippen LogP contribution in [0.5, 0.6) is 0 Å². The average Bonchev–Trinajstić information content (AvgIpc) is 3.08. The summed E-state index contributed by atoms with van der Waals surface area (Å²) in [4.78, 5) is 19.9. The van der Waals surface area contributed by atoms with Crippen molar-refractivity contribution in [1.29, 1.82) is 0 Å². The summed E-state index contributed by atoms with van der Waals surface area (Å²) >= 11 is 6.25. The fourth-order valence-corrected chi connectivity index (χ4v) is 5.02. The molecular weight excluding hydrogens is 536 g/mol. The smallest absolute Gasteiger partial charge is 0.257 e. The van der Waals surface area contributed by atoms with E-state index in [0.717, 1.165) is 5.39 Å². The molecule has 0 bridgehead atoms. The Morgan fingerprint density at radius 2 is 2.04 bits per heavy atom. The van der Waals surface area contributed by atoms with Crippen molar-refractivity contribution >= 4 is 78.0 Å². The number of nitrogens with one attached hydrogen (secondary N) is 2. The molecule has 1 aliphatic rings. The third-order valence-corrected chi connectivity index (χ3v) is 6.59. The van der Waals surface area contributed by atoms with Crippen LogP contribution in [-0.2, 0) is 9.84 Å². The zero-order valence-electron chi connectivity index (χ0n) is 14.3. The van der Waals surface area contributed by atoms with E-state index in [-0.39, 0.29) is 55.2 Å². The molecule has 2 aromatic heterocycles. The fraction of sp³-hybridized carbons (Fsp3) is 0.176. The molecule has 1 atom stereocenters. The second kappa shape index (κ2) is 8.50. The number of carbonyl (C=O) groups is 1. The Kier molecular flexibility index (Phi) is 6.93. The molecular formula is C17H17Br2ClN4O3S. The van der Waals surface area contributed by atoms with Crippen molar-refractivity contribution in [3.05, 3.63) is 52.8 Å². The lowest BCUT2D eigenvalue weighted by atomic mass is 10.0. The van der Waals surface area contributed by atoms with Crippen LogP contribution in [0.4, 0.5) is 5.69 Å². The molecule has 0 saturated heterocycles. The second-order valence-corrected chi connectivity index (χ2v) is 8.62. The second-order valence-electron chi connectivity index (χ2n) is 6.14. The minimum atomic E-state index is -3.48. The summed E-state index contributed by atoms with van der Waals surface area (Å²) in [6, 6.07) is 5.83. The largest absolute Gasteiger partial charge is 0.346 e. The first-order valence-corrected chi connectivity index (χ1v) is 9.95. The van der Waals surface area contributed by atoms with Gasteiger partial charge in [-0.25, -0.2) is 13.4 Å². The number of fused-ring (bicyclic) bond motifs is 2. The number of amides is 1. The fourth-order valence-electron chi connectivity index (χ4n) is 3.11. The van der Waals surface area contributed by atoms with E-state index in [1.807, 2.05) is 0 Å². The number of hydrogen-bond acceptors (Lipinski definition) is 5. The van der Waals surface area contributed by atoms with Crippen LogP contribution >= 0.6 is 45.6 Å². The number of pyridine rings is 1. The predicted octanol–water partition coefficient (Wildman–Crippen LogP) is 3.80. The molecule has 1 amide bonds. The minimum Gasteiger partial charge on any atom is -0.346 e. The predicted molar refractivity (Wildman–Crippen MR) is 120 cm³/mol. The third kappa shape index (κ3) is 3.97. The van der Waals surface area contributed by atoms with E-state index in [0.29, 0.717) is 23.3 Å². The van der Waals surface area contributed by atoms with Crippen molar-refractivity contribution in [3.8, 4) is 0 Å². The van der Waals surface area contributed by atoms with E-state index in [2.05, 4.69) is 15.3 Å². The number of halogens is 3. The summed E-state index contributed by atoms with van der Waals surface area (Å²) in [5.41, 5.74) is 7.73. The number of rotatable bonds is 2. The molecule has 1 aromatic carbocycles. The third-order valence-electron chi connectivity index (χ3n) is 4.48. The Bertz CT molecular complexity index is 1150. The van der Waals surface area contributed by atoms with Gasteiger partial charge in [0, 0.05) is 23.8 Å². The first kappa shape index (κ1) is 22.8. The molecule has 0 spiro atoms. The number of hydrogen-bond donors (Lipinski definition) is 3. The van der Waals surface area contributed by atoms with Gasteiger partial charge in [-0.3, -0.25) is 4.79 Å². The zero-order chi connectivity index (χ0) is 18.5. The highest BCUT2D eigenvalue weighted by molar-refractivity contribution is 8.93. The highest BCUT2D eigenvalue weighted by atomic mass is 79.9. The summed E-state index contributed by atoms with van der Waals surface area (Å²) < 4.78 is 24.7. The van der Waals surface area contributed by atoms with Crippen LogP contribution in [0.3, 0.4) is 0 Å². The SMILES string of the molecule is Br.Br.N[C@H]1CCS(=O)(=O)c2cc(C(=O)Nc3ccnc4[nH]ccc34)c(Cl)cc21. The van der Waals surface area contributed by atoms with Gasteiger partial charge < -0.3 is 16.0 Å². The lowest BCUT2D eigenvalue weighted by Crippen LogP contribution is -2.26. The lowest BCUT2D eigenvalue weighted by molar-refractivity contribution is 0.102. The van der Waals surface area contributed by atoms with Gasteiger partial charge in [-0.05, 0) is 36.2 Å². The van der Waals surface area contributed by atoms with Gasteiger partial charge >= 0.3 is 0 Å². The number of nitrogens with two attached hydrogens (primary N) is 1. The van der Waals surface area contributed by atoms with E-state index in [1.54, 1.807) is 24.5 Å². The maximum atomic E-state index is 12.7. The zero-order valence-corrected chi connectivity index (χ0v) is 19.3. The summed E-state index contributed by atoms with van der Waals surface area (Å²) in [7, 11) is -3.48. The van der Waals surface area contributed by atoms with Gasteiger partial charge in [-0.2, -0.15) is 0 Å². The molecule has 150 valence electrons. The summed E-state index contributed by atoms with van der Waals surface area (Å²) in [5.74, 6) is -0.543. The maximum absolute atomic E-state index is 12.7. The van der Waals surface area contributed by atoms with E-state index >= 15 is 0 Å². The normalized spacial score (nSPS) is 17.1. The van der Waals surface area contributed by atoms with Crippen molar-refractivity contribution < 1.29 is 13.2 Å². The van der Waals surface area contributed by atoms with Gasteiger partial charge in [0.25, 0.3) is 5.91 Å². The molecule has 0 fully saturated rings. The quantitative estimate of drug-likeness (QED) is 0.447. The van der Waals surface area contributed by atoms with Crippen molar-refractivity contribution in [2.24, 2.45) is 5.73 Å². The van der Waals surface area contributed by atoms with Crippen LogP contribution in [0.15, 0.2) is 41.6 Å². The Morgan fingerprint density at radius 3 is 2.79 bits per heavy atom. The number of sulfone groups is 1. The van der Waals surface area contributed by atoms with Crippen molar-refractivity contribution in [1.82, 2.24) is 9.97 Å². The number of H-pyrrole nitrogens is 1. The van der Waals surface area contributed by atoms with Gasteiger partial charge in [0.1, 0.15) is 5.65 Å². The summed E-state index contributed by atoms with van der Waals surface area (Å²) in [6.07, 6.45) is 3.61. The number of benzene rings is 1. The van der Waals surface area contributed by atoms with Crippen LogP contribution < -0.4 is 11.1 Å². The monoisotopic (exact) mass is 550 g/mol. The Hall–Kier alpha value is -1.46. The van der Waals surface area contributed by atoms with Crippen LogP contribution in [0.2, 0.25) is 5.02 Å². The Morgan fingerprint density at radius 1 is 1.29 bits per heavy atom. The van der Waals surface area contributed by atoms with Crippen LogP contribution in [0, 0.1) is 0 Å². The number of aromatic nitrogens is 2. The molecule has 0 radical (unpaired) electrons. The molecule has 3 aromatic rings. The molecule has 0 unspecified atom stereocenters. The number of nitrogens with zero attached hydrogens (tertiary/aromatic N) is 1. The molecule has 1 aliphatic heterocycles. The van der Waals surface area contributed by atoms with Crippen molar-refractivity contribution in [2.75, 3.05) is 11.1 Å². The van der Waals surface area contributed by atoms with Gasteiger partial charge in [0.2, 0.25) is 0 Å². The van der Waals surface area contributed by atoms with Gasteiger partial charge in [0.15, 0.2) is 9.84 Å².